The number of aromatic nitrogens is 1. The van der Waals surface area contributed by atoms with Crippen molar-refractivity contribution in [2.24, 2.45) is 13.0 Å². The van der Waals surface area contributed by atoms with Gasteiger partial charge < -0.3 is 15.2 Å². The number of benzene rings is 1. The van der Waals surface area contributed by atoms with E-state index in [0.29, 0.717) is 12.5 Å². The summed E-state index contributed by atoms with van der Waals surface area (Å²) in [6.07, 6.45) is 4.31. The maximum atomic E-state index is 12.7. The van der Waals surface area contributed by atoms with Gasteiger partial charge in [0.1, 0.15) is 0 Å². The van der Waals surface area contributed by atoms with Gasteiger partial charge >= 0.3 is 0 Å². The topological polar surface area (TPSA) is 63.1 Å². The molecule has 1 saturated carbocycles. The zero-order chi connectivity index (χ0) is 16.0. The van der Waals surface area contributed by atoms with Gasteiger partial charge in [-0.25, -0.2) is 0 Å². The van der Waals surface area contributed by atoms with Gasteiger partial charge in [-0.1, -0.05) is 0 Å². The summed E-state index contributed by atoms with van der Waals surface area (Å²) in [6.45, 7) is 0. The van der Waals surface area contributed by atoms with Gasteiger partial charge in [-0.15, -0.1) is 11.8 Å². The van der Waals surface area contributed by atoms with Crippen LogP contribution in [0.15, 0.2) is 27.9 Å². The van der Waals surface area contributed by atoms with E-state index in [1.165, 1.54) is 12.8 Å². The second kappa shape index (κ2) is 5.60. The Hall–Kier alpha value is -1.95. The molecule has 1 unspecified atom stereocenters. The Labute approximate surface area is 138 Å². The summed E-state index contributed by atoms with van der Waals surface area (Å²) >= 11 is 1.65. The number of amides is 1. The fourth-order valence-corrected chi connectivity index (χ4v) is 4.50. The first-order valence-electron chi connectivity index (χ1n) is 7.95. The van der Waals surface area contributed by atoms with Crippen molar-refractivity contribution in [1.29, 1.82) is 0 Å². The van der Waals surface area contributed by atoms with Crippen LogP contribution in [0.3, 0.4) is 0 Å². The molecule has 2 aliphatic rings. The van der Waals surface area contributed by atoms with E-state index in [4.69, 9.17) is 0 Å². The molecule has 0 spiro atoms. The molecular weight excluding hydrogens is 310 g/mol. The summed E-state index contributed by atoms with van der Waals surface area (Å²) in [5.74, 6) is 1.70. The van der Waals surface area contributed by atoms with E-state index >= 15 is 0 Å². The van der Waals surface area contributed by atoms with E-state index in [1.807, 2.05) is 25.2 Å². The summed E-state index contributed by atoms with van der Waals surface area (Å²) in [7, 11) is 1.81. The van der Waals surface area contributed by atoms with Gasteiger partial charge in [-0.3, -0.25) is 9.59 Å². The van der Waals surface area contributed by atoms with Crippen molar-refractivity contribution in [3.63, 3.8) is 0 Å². The predicted octanol–water partition coefficient (Wildman–Crippen LogP) is 2.79. The molecule has 2 N–H and O–H groups in total. The monoisotopic (exact) mass is 329 g/mol. The molecule has 4 rings (SSSR count). The smallest absolute Gasteiger partial charge is 0.266 e. The molecule has 1 aromatic heterocycles. The lowest BCUT2D eigenvalue weighted by atomic mass is 10.1. The SMILES string of the molecule is Cn1c(=O)c2c(c3cc(NC=O)ccc31)NC(C1CC1)CCS2. The van der Waals surface area contributed by atoms with Gasteiger partial charge in [-0.05, 0) is 43.4 Å². The summed E-state index contributed by atoms with van der Waals surface area (Å²) in [5, 5.41) is 7.35. The Morgan fingerprint density at radius 1 is 1.35 bits per heavy atom. The van der Waals surface area contributed by atoms with Gasteiger partial charge in [0.15, 0.2) is 0 Å². The zero-order valence-corrected chi connectivity index (χ0v) is 13.8. The number of hydrogen-bond acceptors (Lipinski definition) is 4. The van der Waals surface area contributed by atoms with Crippen molar-refractivity contribution in [3.05, 3.63) is 28.6 Å². The minimum Gasteiger partial charge on any atom is -0.380 e. The number of rotatable bonds is 3. The fraction of sp³-hybridized carbons (Fsp3) is 0.412. The molecular formula is C17H19N3O2S. The first kappa shape index (κ1) is 14.6. The summed E-state index contributed by atoms with van der Waals surface area (Å²) in [6, 6.07) is 6.11. The summed E-state index contributed by atoms with van der Waals surface area (Å²) in [5.41, 5.74) is 2.62. The Kier molecular flexibility index (Phi) is 3.56. The quantitative estimate of drug-likeness (QED) is 0.850. The Morgan fingerprint density at radius 2 is 2.17 bits per heavy atom. The molecule has 1 fully saturated rings. The highest BCUT2D eigenvalue weighted by Crippen LogP contribution is 2.42. The molecule has 6 heteroatoms. The molecule has 2 heterocycles. The Balaban J connectivity index is 1.94. The average molecular weight is 329 g/mol. The van der Waals surface area contributed by atoms with Crippen molar-refractivity contribution in [2.45, 2.75) is 30.2 Å². The summed E-state index contributed by atoms with van der Waals surface area (Å²) < 4.78 is 1.70. The number of thioether (sulfide) groups is 1. The molecule has 1 atom stereocenters. The molecule has 1 aliphatic heterocycles. The molecule has 1 amide bonds. The lowest BCUT2D eigenvalue weighted by Crippen LogP contribution is -2.24. The molecule has 5 nitrogen and oxygen atoms in total. The number of nitrogens with zero attached hydrogens (tertiary/aromatic N) is 1. The van der Waals surface area contributed by atoms with Crippen LogP contribution < -0.4 is 16.2 Å². The van der Waals surface area contributed by atoms with E-state index in [0.717, 1.165) is 45.3 Å². The molecule has 0 saturated heterocycles. The Morgan fingerprint density at radius 3 is 2.91 bits per heavy atom. The first-order valence-corrected chi connectivity index (χ1v) is 8.94. The third kappa shape index (κ3) is 2.51. The van der Waals surface area contributed by atoms with E-state index in [1.54, 1.807) is 16.3 Å². The molecule has 0 radical (unpaired) electrons. The van der Waals surface area contributed by atoms with Crippen molar-refractivity contribution in [1.82, 2.24) is 4.57 Å². The largest absolute Gasteiger partial charge is 0.380 e. The van der Waals surface area contributed by atoms with Crippen molar-refractivity contribution in [3.8, 4) is 0 Å². The third-order valence-electron chi connectivity index (χ3n) is 4.77. The van der Waals surface area contributed by atoms with Crippen molar-refractivity contribution in [2.75, 3.05) is 16.4 Å². The van der Waals surface area contributed by atoms with E-state index in [-0.39, 0.29) is 5.56 Å². The van der Waals surface area contributed by atoms with Crippen LogP contribution in [0.1, 0.15) is 19.3 Å². The van der Waals surface area contributed by atoms with Crippen LogP contribution in [-0.4, -0.2) is 22.8 Å². The highest BCUT2D eigenvalue weighted by molar-refractivity contribution is 7.99. The van der Waals surface area contributed by atoms with Gasteiger partial charge in [0.2, 0.25) is 6.41 Å². The van der Waals surface area contributed by atoms with E-state index in [9.17, 15) is 9.59 Å². The minimum absolute atomic E-state index is 0.0533. The van der Waals surface area contributed by atoms with Gasteiger partial charge in [0.05, 0.1) is 16.1 Å². The summed E-state index contributed by atoms with van der Waals surface area (Å²) in [4.78, 5) is 24.2. The van der Waals surface area contributed by atoms with Gasteiger partial charge in [0, 0.05) is 29.9 Å². The third-order valence-corrected chi connectivity index (χ3v) is 5.88. The minimum atomic E-state index is 0.0533. The number of aryl methyl sites for hydroxylation is 1. The van der Waals surface area contributed by atoms with Crippen LogP contribution in [-0.2, 0) is 11.8 Å². The molecule has 0 bridgehead atoms. The van der Waals surface area contributed by atoms with E-state index in [2.05, 4.69) is 10.6 Å². The van der Waals surface area contributed by atoms with Gasteiger partial charge in [-0.2, -0.15) is 0 Å². The average Bonchev–Trinajstić information content (AvgIpc) is 3.38. The number of carbonyl (C=O) groups excluding carboxylic acids is 1. The highest BCUT2D eigenvalue weighted by atomic mass is 32.2. The Bertz CT molecular complexity index is 842. The lowest BCUT2D eigenvalue weighted by molar-refractivity contribution is -0.105. The second-order valence-corrected chi connectivity index (χ2v) is 7.39. The number of hydrogen-bond donors (Lipinski definition) is 2. The van der Waals surface area contributed by atoms with Crippen LogP contribution in [0.25, 0.3) is 10.9 Å². The van der Waals surface area contributed by atoms with Crippen LogP contribution >= 0.6 is 11.8 Å². The molecule has 23 heavy (non-hydrogen) atoms. The number of nitrogens with one attached hydrogen (secondary N) is 2. The first-order chi connectivity index (χ1) is 11.2. The number of fused-ring (bicyclic) bond motifs is 3. The predicted molar refractivity (Wildman–Crippen MR) is 94.4 cm³/mol. The van der Waals surface area contributed by atoms with Gasteiger partial charge in [0.25, 0.3) is 5.56 Å². The molecule has 2 aromatic rings. The molecule has 1 aliphatic carbocycles. The van der Waals surface area contributed by atoms with Crippen LogP contribution in [0, 0.1) is 5.92 Å². The van der Waals surface area contributed by atoms with Crippen LogP contribution in [0.4, 0.5) is 11.4 Å². The van der Waals surface area contributed by atoms with E-state index < -0.39 is 0 Å². The molecule has 120 valence electrons. The maximum Gasteiger partial charge on any atom is 0.266 e. The second-order valence-electron chi connectivity index (χ2n) is 6.29. The maximum absolute atomic E-state index is 12.7. The zero-order valence-electron chi connectivity index (χ0n) is 13.0. The number of pyridine rings is 1. The fourth-order valence-electron chi connectivity index (χ4n) is 3.35. The standard InChI is InChI=1S/C17H19N3O2S/c1-20-14-5-4-11(18-9-21)8-12(14)15-16(17(20)22)23-7-6-13(19-15)10-2-3-10/h4-5,8-10,13,19H,2-3,6-7H2,1H3,(H,18,21). The highest BCUT2D eigenvalue weighted by Gasteiger charge is 2.33. The number of anilines is 2. The number of carbonyl (C=O) groups is 1. The lowest BCUT2D eigenvalue weighted by Gasteiger charge is -2.20. The van der Waals surface area contributed by atoms with Crippen LogP contribution in [0.2, 0.25) is 0 Å². The van der Waals surface area contributed by atoms with Crippen molar-refractivity contribution >= 4 is 40.4 Å². The molecule has 1 aromatic carbocycles. The van der Waals surface area contributed by atoms with Crippen molar-refractivity contribution < 1.29 is 4.79 Å². The van der Waals surface area contributed by atoms with Crippen LogP contribution in [0.5, 0.6) is 0 Å². The normalized spacial score (nSPS) is 20.5.